The molecule has 9 heteroatoms. The lowest BCUT2D eigenvalue weighted by molar-refractivity contribution is -0.307. The number of nitrogens with zero attached hydrogens (tertiary/aromatic N) is 1. The van der Waals surface area contributed by atoms with E-state index in [0.717, 1.165) is 16.7 Å². The molecule has 0 saturated carbocycles. The summed E-state index contributed by atoms with van der Waals surface area (Å²) in [5.41, 5.74) is 0.545. The predicted molar refractivity (Wildman–Crippen MR) is 92.7 cm³/mol. The van der Waals surface area contributed by atoms with Crippen LogP contribution in [-0.2, 0) is 9.59 Å². The molecule has 1 aliphatic heterocycles. The molecule has 1 aliphatic rings. The summed E-state index contributed by atoms with van der Waals surface area (Å²) in [5.74, 6) is 0.867. The van der Waals surface area contributed by atoms with Crippen LogP contribution < -0.4 is 14.6 Å². The summed E-state index contributed by atoms with van der Waals surface area (Å²) in [6.07, 6.45) is 6.66. The third-order valence-corrected chi connectivity index (χ3v) is 4.63. The Hall–Kier alpha value is -2.44. The van der Waals surface area contributed by atoms with Crippen LogP contribution in [0.25, 0.3) is 6.08 Å². The first-order valence-electron chi connectivity index (χ1n) is 6.76. The van der Waals surface area contributed by atoms with Crippen LogP contribution in [0.1, 0.15) is 5.56 Å². The molecular formula is C16H11BrNO6S-. The lowest BCUT2D eigenvalue weighted by Crippen LogP contribution is -2.29. The number of imide groups is 1. The normalized spacial score (nSPS) is 15.4. The summed E-state index contributed by atoms with van der Waals surface area (Å²) >= 11 is 4.09. The third kappa shape index (κ3) is 4.35. The lowest BCUT2D eigenvalue weighted by Gasteiger charge is -2.13. The Labute approximate surface area is 156 Å². The quantitative estimate of drug-likeness (QED) is 0.500. The summed E-state index contributed by atoms with van der Waals surface area (Å²) in [6.45, 7) is -0.727. The molecule has 0 N–H and O–H groups in total. The molecule has 0 radical (unpaired) electrons. The monoisotopic (exact) mass is 424 g/mol. The highest BCUT2D eigenvalue weighted by molar-refractivity contribution is 9.10. The zero-order valence-corrected chi connectivity index (χ0v) is 15.3. The molecule has 1 aromatic carbocycles. The Kier molecular flexibility index (Phi) is 6.12. The van der Waals surface area contributed by atoms with E-state index in [1.165, 1.54) is 19.3 Å². The van der Waals surface area contributed by atoms with Gasteiger partial charge in [0.25, 0.3) is 11.1 Å². The van der Waals surface area contributed by atoms with Gasteiger partial charge in [-0.25, -0.2) is 0 Å². The molecule has 0 atom stereocenters. The summed E-state index contributed by atoms with van der Waals surface area (Å²) in [5, 5.41) is 10.1. The van der Waals surface area contributed by atoms with Crippen LogP contribution in [0, 0.1) is 12.3 Å². The van der Waals surface area contributed by atoms with Crippen molar-refractivity contribution >= 4 is 50.9 Å². The third-order valence-electron chi connectivity index (χ3n) is 3.04. The van der Waals surface area contributed by atoms with Crippen molar-refractivity contribution in [2.24, 2.45) is 0 Å². The molecule has 7 nitrogen and oxygen atoms in total. The van der Waals surface area contributed by atoms with Gasteiger partial charge in [-0.3, -0.25) is 14.5 Å². The molecule has 0 unspecified atom stereocenters. The Morgan fingerprint density at radius 2 is 2.16 bits per heavy atom. The number of hydrogen-bond acceptors (Lipinski definition) is 7. The van der Waals surface area contributed by atoms with Crippen molar-refractivity contribution in [3.8, 4) is 23.8 Å². The standard InChI is InChI=1S/C16H12BrNO6S/c1-3-4-18-15(21)13(25-16(18)22)6-9-5-11(23-2)12(7-10(9)17)24-8-14(19)20/h1,5-7H,4,8H2,2H3,(H,19,20)/p-1/b13-6+. The highest BCUT2D eigenvalue weighted by Gasteiger charge is 2.34. The topological polar surface area (TPSA) is 96.0 Å². The molecule has 1 fully saturated rings. The number of aliphatic carboxylic acids is 1. The number of carboxylic acid groups (broad SMARTS) is 1. The van der Waals surface area contributed by atoms with Gasteiger partial charge in [0.15, 0.2) is 11.5 Å². The van der Waals surface area contributed by atoms with E-state index in [4.69, 9.17) is 15.9 Å². The van der Waals surface area contributed by atoms with Crippen molar-refractivity contribution in [1.82, 2.24) is 4.90 Å². The minimum Gasteiger partial charge on any atom is -0.546 e. The second-order valence-electron chi connectivity index (χ2n) is 4.66. The number of terminal acetylenes is 1. The number of methoxy groups -OCH3 is 1. The fourth-order valence-corrected chi connectivity index (χ4v) is 3.21. The van der Waals surface area contributed by atoms with Gasteiger partial charge in [0, 0.05) is 4.47 Å². The molecule has 1 heterocycles. The van der Waals surface area contributed by atoms with Crippen LogP contribution in [0.3, 0.4) is 0 Å². The number of halogens is 1. The van der Waals surface area contributed by atoms with Crippen LogP contribution in [0.5, 0.6) is 11.5 Å². The van der Waals surface area contributed by atoms with Gasteiger partial charge in [-0.1, -0.05) is 21.9 Å². The van der Waals surface area contributed by atoms with Gasteiger partial charge in [0.05, 0.1) is 24.5 Å². The maximum absolute atomic E-state index is 12.2. The smallest absolute Gasteiger partial charge is 0.294 e. The van der Waals surface area contributed by atoms with Crippen molar-refractivity contribution < 1.29 is 29.0 Å². The fourth-order valence-electron chi connectivity index (χ4n) is 1.94. The van der Waals surface area contributed by atoms with Gasteiger partial charge in [0.1, 0.15) is 6.61 Å². The molecule has 1 aromatic rings. The van der Waals surface area contributed by atoms with Gasteiger partial charge < -0.3 is 19.4 Å². The molecule has 0 aromatic heterocycles. The summed E-state index contributed by atoms with van der Waals surface area (Å²) in [6, 6.07) is 3.04. The molecule has 2 amide bonds. The van der Waals surface area contributed by atoms with E-state index in [1.54, 1.807) is 6.07 Å². The number of benzene rings is 1. The maximum atomic E-state index is 12.2. The van der Waals surface area contributed by atoms with Gasteiger partial charge in [-0.05, 0) is 35.5 Å². The zero-order valence-electron chi connectivity index (χ0n) is 12.9. The first kappa shape index (κ1) is 18.9. The van der Waals surface area contributed by atoms with Crippen molar-refractivity contribution in [2.75, 3.05) is 20.3 Å². The average molecular weight is 425 g/mol. The van der Waals surface area contributed by atoms with Crippen LogP contribution in [0.4, 0.5) is 4.79 Å². The average Bonchev–Trinajstić information content (AvgIpc) is 2.82. The van der Waals surface area contributed by atoms with Crippen molar-refractivity contribution in [3.63, 3.8) is 0 Å². The minimum atomic E-state index is -1.37. The summed E-state index contributed by atoms with van der Waals surface area (Å²) < 4.78 is 10.8. The van der Waals surface area contributed by atoms with Crippen LogP contribution in [-0.4, -0.2) is 42.3 Å². The highest BCUT2D eigenvalue weighted by atomic mass is 79.9. The van der Waals surface area contributed by atoms with Crippen molar-refractivity contribution in [2.45, 2.75) is 0 Å². The van der Waals surface area contributed by atoms with E-state index in [9.17, 15) is 19.5 Å². The number of amides is 2. The van der Waals surface area contributed by atoms with Crippen LogP contribution >= 0.6 is 27.7 Å². The molecule has 0 aliphatic carbocycles. The predicted octanol–water partition coefficient (Wildman–Crippen LogP) is 1.26. The number of carbonyl (C=O) groups excluding carboxylic acids is 3. The molecular weight excluding hydrogens is 414 g/mol. The molecule has 0 spiro atoms. The van der Waals surface area contributed by atoms with Gasteiger partial charge in [-0.15, -0.1) is 6.42 Å². The van der Waals surface area contributed by atoms with Gasteiger partial charge >= 0.3 is 0 Å². The summed E-state index contributed by atoms with van der Waals surface area (Å²) in [7, 11) is 1.39. The Morgan fingerprint density at radius 1 is 1.44 bits per heavy atom. The molecule has 130 valence electrons. The van der Waals surface area contributed by atoms with Gasteiger partial charge in [0.2, 0.25) is 0 Å². The number of ether oxygens (including phenoxy) is 2. The minimum absolute atomic E-state index is 0.0947. The van der Waals surface area contributed by atoms with Crippen molar-refractivity contribution in [3.05, 3.63) is 27.1 Å². The van der Waals surface area contributed by atoms with Crippen LogP contribution in [0.15, 0.2) is 21.5 Å². The van der Waals surface area contributed by atoms with E-state index in [2.05, 4.69) is 21.9 Å². The van der Waals surface area contributed by atoms with Gasteiger partial charge in [-0.2, -0.15) is 0 Å². The highest BCUT2D eigenvalue weighted by Crippen LogP contribution is 2.37. The number of carboxylic acids is 1. The number of thioether (sulfide) groups is 1. The number of carbonyl (C=O) groups is 3. The SMILES string of the molecule is C#CCN1C(=O)S/C(=C/c2cc(OC)c(OCC(=O)[O-])cc2Br)C1=O. The lowest BCUT2D eigenvalue weighted by atomic mass is 10.2. The Bertz CT molecular complexity index is 814. The van der Waals surface area contributed by atoms with E-state index >= 15 is 0 Å². The van der Waals surface area contributed by atoms with E-state index in [0.29, 0.717) is 10.0 Å². The summed E-state index contributed by atoms with van der Waals surface area (Å²) in [4.78, 5) is 35.7. The molecule has 0 bridgehead atoms. The first-order valence-corrected chi connectivity index (χ1v) is 8.37. The van der Waals surface area contributed by atoms with Crippen molar-refractivity contribution in [1.29, 1.82) is 0 Å². The van der Waals surface area contributed by atoms with Crippen LogP contribution in [0.2, 0.25) is 0 Å². The Morgan fingerprint density at radius 3 is 2.76 bits per heavy atom. The van der Waals surface area contributed by atoms with E-state index < -0.39 is 23.7 Å². The first-order chi connectivity index (χ1) is 11.9. The fraction of sp³-hybridized carbons (Fsp3) is 0.188. The number of rotatable bonds is 6. The molecule has 25 heavy (non-hydrogen) atoms. The largest absolute Gasteiger partial charge is 0.546 e. The Balaban J connectivity index is 2.34. The van der Waals surface area contributed by atoms with E-state index in [-0.39, 0.29) is 22.9 Å². The second kappa shape index (κ2) is 8.09. The maximum Gasteiger partial charge on any atom is 0.294 e. The number of hydrogen-bond donors (Lipinski definition) is 0. The molecule has 1 saturated heterocycles. The molecule has 2 rings (SSSR count). The van der Waals surface area contributed by atoms with E-state index in [1.807, 2.05) is 0 Å². The second-order valence-corrected chi connectivity index (χ2v) is 6.50. The zero-order chi connectivity index (χ0) is 18.6.